The van der Waals surface area contributed by atoms with Crippen LogP contribution in [0.2, 0.25) is 0 Å². The lowest BCUT2D eigenvalue weighted by Gasteiger charge is -2.12. The smallest absolute Gasteiger partial charge is 0.335 e. The van der Waals surface area contributed by atoms with E-state index in [2.05, 4.69) is 45.2 Å². The van der Waals surface area contributed by atoms with Crippen molar-refractivity contribution in [2.75, 3.05) is 4.90 Å². The van der Waals surface area contributed by atoms with E-state index in [1.54, 1.807) is 54.6 Å². The van der Waals surface area contributed by atoms with Gasteiger partial charge in [0.25, 0.3) is 11.1 Å². The van der Waals surface area contributed by atoms with Crippen LogP contribution in [0.4, 0.5) is 10.5 Å². The van der Waals surface area contributed by atoms with Gasteiger partial charge in [0.05, 0.1) is 23.3 Å². The average molecular weight is 683 g/mol. The molecular formula is C24H15I2NO5S. The van der Waals surface area contributed by atoms with Gasteiger partial charge in [-0.05, 0) is 111 Å². The molecule has 2 amide bonds. The Hall–Kier alpha value is -2.38. The molecule has 3 aromatic carbocycles. The highest BCUT2D eigenvalue weighted by atomic mass is 127. The summed E-state index contributed by atoms with van der Waals surface area (Å²) in [5.74, 6) is -0.608. The maximum absolute atomic E-state index is 12.8. The van der Waals surface area contributed by atoms with E-state index in [9.17, 15) is 14.4 Å². The molecule has 0 radical (unpaired) electrons. The van der Waals surface area contributed by atoms with Crippen molar-refractivity contribution in [1.82, 2.24) is 0 Å². The number of hydrogen-bond acceptors (Lipinski definition) is 5. The first kappa shape index (κ1) is 23.8. The van der Waals surface area contributed by atoms with Crippen LogP contribution >= 0.6 is 56.9 Å². The summed E-state index contributed by atoms with van der Waals surface area (Å²) in [6.07, 6.45) is 1.71. The Morgan fingerprint density at radius 2 is 1.64 bits per heavy atom. The van der Waals surface area contributed by atoms with Crippen LogP contribution in [0.3, 0.4) is 0 Å². The number of amides is 2. The number of hydrogen-bond donors (Lipinski definition) is 1. The number of carbonyl (C=O) groups excluding carboxylic acids is 2. The molecule has 33 heavy (non-hydrogen) atoms. The number of carboxylic acid groups (broad SMARTS) is 1. The van der Waals surface area contributed by atoms with Crippen molar-refractivity contribution in [3.63, 3.8) is 0 Å². The summed E-state index contributed by atoms with van der Waals surface area (Å²) in [4.78, 5) is 37.8. The van der Waals surface area contributed by atoms with Gasteiger partial charge in [0.2, 0.25) is 0 Å². The molecule has 4 rings (SSSR count). The topological polar surface area (TPSA) is 83.9 Å². The van der Waals surface area contributed by atoms with Gasteiger partial charge in [0.1, 0.15) is 12.4 Å². The second-order valence-electron chi connectivity index (χ2n) is 6.96. The van der Waals surface area contributed by atoms with Gasteiger partial charge in [-0.2, -0.15) is 0 Å². The Kier molecular flexibility index (Phi) is 7.39. The van der Waals surface area contributed by atoms with Crippen LogP contribution < -0.4 is 9.64 Å². The molecule has 1 heterocycles. The monoisotopic (exact) mass is 683 g/mol. The van der Waals surface area contributed by atoms with Crippen molar-refractivity contribution in [2.45, 2.75) is 6.61 Å². The molecule has 3 aromatic rings. The molecule has 1 saturated heterocycles. The summed E-state index contributed by atoms with van der Waals surface area (Å²) in [6, 6.07) is 19.2. The van der Waals surface area contributed by atoms with Crippen LogP contribution in [0.25, 0.3) is 6.08 Å². The summed E-state index contributed by atoms with van der Waals surface area (Å²) in [7, 11) is 0. The Labute approximate surface area is 221 Å². The van der Waals surface area contributed by atoms with Crippen molar-refractivity contribution in [1.29, 1.82) is 0 Å². The normalized spacial score (nSPS) is 14.7. The summed E-state index contributed by atoms with van der Waals surface area (Å²) in [6.45, 7) is 0.293. The fourth-order valence-electron chi connectivity index (χ4n) is 3.12. The first-order valence-electron chi connectivity index (χ1n) is 9.60. The van der Waals surface area contributed by atoms with Gasteiger partial charge in [-0.15, -0.1) is 0 Å². The molecule has 1 N–H and O–H groups in total. The molecule has 0 aliphatic carbocycles. The summed E-state index contributed by atoms with van der Waals surface area (Å²) >= 11 is 5.26. The van der Waals surface area contributed by atoms with Crippen molar-refractivity contribution in [3.05, 3.63) is 95.5 Å². The number of ether oxygens (including phenoxy) is 1. The number of benzene rings is 3. The fourth-order valence-corrected chi connectivity index (χ4v) is 6.09. The SMILES string of the molecule is O=C(O)c1ccc(COc2c(I)cc(/C=C3\SC(=O)N(c4ccccc4)C3=O)cc2I)cc1. The van der Waals surface area contributed by atoms with Crippen LogP contribution in [0.15, 0.2) is 71.6 Å². The van der Waals surface area contributed by atoms with Gasteiger partial charge in [-0.25, -0.2) is 9.69 Å². The first-order valence-corrected chi connectivity index (χ1v) is 12.6. The molecule has 9 heteroatoms. The molecule has 6 nitrogen and oxygen atoms in total. The molecule has 0 aromatic heterocycles. The lowest BCUT2D eigenvalue weighted by molar-refractivity contribution is -0.113. The molecule has 0 unspecified atom stereocenters. The Morgan fingerprint density at radius 3 is 2.24 bits per heavy atom. The fraction of sp³-hybridized carbons (Fsp3) is 0.0417. The van der Waals surface area contributed by atoms with Crippen molar-refractivity contribution >= 4 is 85.8 Å². The van der Waals surface area contributed by atoms with Crippen LogP contribution in [-0.2, 0) is 11.4 Å². The van der Waals surface area contributed by atoms with Crippen LogP contribution in [-0.4, -0.2) is 22.2 Å². The molecule has 1 fully saturated rings. The minimum Gasteiger partial charge on any atom is -0.487 e. The van der Waals surface area contributed by atoms with E-state index in [1.165, 1.54) is 4.90 Å². The number of nitrogens with zero attached hydrogens (tertiary/aromatic N) is 1. The largest absolute Gasteiger partial charge is 0.487 e. The minimum absolute atomic E-state index is 0.226. The molecule has 1 aliphatic heterocycles. The molecule has 0 bridgehead atoms. The van der Waals surface area contributed by atoms with E-state index >= 15 is 0 Å². The maximum atomic E-state index is 12.8. The lowest BCUT2D eigenvalue weighted by atomic mass is 10.1. The second-order valence-corrected chi connectivity index (χ2v) is 10.3. The predicted octanol–water partition coefficient (Wildman–Crippen LogP) is 6.41. The van der Waals surface area contributed by atoms with Gasteiger partial charge < -0.3 is 9.84 Å². The summed E-state index contributed by atoms with van der Waals surface area (Å²) < 4.78 is 7.69. The first-order chi connectivity index (χ1) is 15.8. The van der Waals surface area contributed by atoms with E-state index in [4.69, 9.17) is 9.84 Å². The zero-order chi connectivity index (χ0) is 23.5. The third kappa shape index (κ3) is 5.41. The molecule has 0 atom stereocenters. The molecule has 0 spiro atoms. The highest BCUT2D eigenvalue weighted by Gasteiger charge is 2.36. The number of halogens is 2. The lowest BCUT2D eigenvalue weighted by Crippen LogP contribution is -2.27. The van der Waals surface area contributed by atoms with E-state index in [0.29, 0.717) is 22.9 Å². The number of imide groups is 1. The number of carboxylic acids is 1. The number of anilines is 1. The number of carbonyl (C=O) groups is 3. The zero-order valence-corrected chi connectivity index (χ0v) is 22.0. The number of rotatable bonds is 6. The number of aromatic carboxylic acids is 1. The molecule has 1 aliphatic rings. The van der Waals surface area contributed by atoms with E-state index in [1.807, 2.05) is 18.2 Å². The van der Waals surface area contributed by atoms with Gasteiger partial charge in [0, 0.05) is 0 Å². The average Bonchev–Trinajstić information content (AvgIpc) is 3.06. The highest BCUT2D eigenvalue weighted by molar-refractivity contribution is 14.1. The Balaban J connectivity index is 1.51. The third-order valence-electron chi connectivity index (χ3n) is 4.71. The maximum Gasteiger partial charge on any atom is 0.335 e. The highest BCUT2D eigenvalue weighted by Crippen LogP contribution is 2.37. The summed E-state index contributed by atoms with van der Waals surface area (Å²) in [5.41, 5.74) is 2.42. The van der Waals surface area contributed by atoms with Crippen molar-refractivity contribution in [3.8, 4) is 5.75 Å². The number of para-hydroxylation sites is 1. The van der Waals surface area contributed by atoms with Crippen molar-refractivity contribution < 1.29 is 24.2 Å². The molecular weight excluding hydrogens is 668 g/mol. The quantitative estimate of drug-likeness (QED) is 0.239. The van der Waals surface area contributed by atoms with Gasteiger partial charge >= 0.3 is 5.97 Å². The van der Waals surface area contributed by atoms with E-state index in [-0.39, 0.29) is 16.7 Å². The van der Waals surface area contributed by atoms with Crippen LogP contribution in [0, 0.1) is 7.14 Å². The molecule has 166 valence electrons. The predicted molar refractivity (Wildman–Crippen MR) is 145 cm³/mol. The summed E-state index contributed by atoms with van der Waals surface area (Å²) in [5, 5.41) is 8.68. The Bertz CT molecular complexity index is 1250. The van der Waals surface area contributed by atoms with Gasteiger partial charge in [-0.1, -0.05) is 30.3 Å². The standard InChI is InChI=1S/C24H15I2NO5S/c25-18-10-15(12-20-22(28)27(24(31)33-20)17-4-2-1-3-5-17)11-19(26)21(18)32-13-14-6-8-16(9-7-14)23(29)30/h1-12H,13H2,(H,29,30)/b20-12-. The van der Waals surface area contributed by atoms with Gasteiger partial charge in [0.15, 0.2) is 0 Å². The van der Waals surface area contributed by atoms with Crippen LogP contribution in [0.1, 0.15) is 21.5 Å². The second kappa shape index (κ2) is 10.3. The Morgan fingerprint density at radius 1 is 1.00 bits per heavy atom. The van der Waals surface area contributed by atoms with Gasteiger partial charge in [-0.3, -0.25) is 9.59 Å². The van der Waals surface area contributed by atoms with Crippen LogP contribution in [0.5, 0.6) is 5.75 Å². The molecule has 0 saturated carbocycles. The zero-order valence-electron chi connectivity index (χ0n) is 16.8. The van der Waals surface area contributed by atoms with Crippen molar-refractivity contribution in [2.24, 2.45) is 0 Å². The van der Waals surface area contributed by atoms with E-state index in [0.717, 1.165) is 30.0 Å². The minimum atomic E-state index is -0.969. The number of thioether (sulfide) groups is 1. The third-order valence-corrected chi connectivity index (χ3v) is 7.18. The van der Waals surface area contributed by atoms with E-state index < -0.39 is 5.97 Å².